The molecule has 2 saturated carbocycles. The first-order valence-corrected chi connectivity index (χ1v) is 11.2. The Morgan fingerprint density at radius 1 is 1.00 bits per heavy atom. The van der Waals surface area contributed by atoms with Crippen molar-refractivity contribution in [3.05, 3.63) is 41.2 Å². The van der Waals surface area contributed by atoms with Gasteiger partial charge in [0.15, 0.2) is 11.6 Å². The van der Waals surface area contributed by atoms with Crippen LogP contribution in [-0.2, 0) is 12.8 Å². The highest BCUT2D eigenvalue weighted by molar-refractivity contribution is 5.39. The Kier molecular flexibility index (Phi) is 5.90. The standard InChI is InChI=1S/C25H35FO/c1-3-4-13-27-24-12-10-22-16-21(9-11-23(22)25(24)26)20-8-7-18-14-17(2)5-6-19(18)15-20/h3-4,10,12,17-21H,5-9,11,13-16H2,1-2H3/b4-3+. The Morgan fingerprint density at radius 2 is 1.74 bits per heavy atom. The summed E-state index contributed by atoms with van der Waals surface area (Å²) in [5.74, 6) is 4.84. The van der Waals surface area contributed by atoms with Crippen molar-refractivity contribution in [1.82, 2.24) is 0 Å². The van der Waals surface area contributed by atoms with Crippen LogP contribution >= 0.6 is 0 Å². The van der Waals surface area contributed by atoms with E-state index in [1.807, 2.05) is 25.1 Å². The Balaban J connectivity index is 1.41. The van der Waals surface area contributed by atoms with Crippen molar-refractivity contribution in [1.29, 1.82) is 0 Å². The average Bonchev–Trinajstić information content (AvgIpc) is 2.69. The highest BCUT2D eigenvalue weighted by atomic mass is 19.1. The van der Waals surface area contributed by atoms with Gasteiger partial charge >= 0.3 is 0 Å². The first-order chi connectivity index (χ1) is 13.2. The van der Waals surface area contributed by atoms with Crippen molar-refractivity contribution in [2.24, 2.45) is 29.6 Å². The predicted octanol–water partition coefficient (Wildman–Crippen LogP) is 6.74. The molecule has 5 unspecified atom stereocenters. The summed E-state index contributed by atoms with van der Waals surface area (Å²) in [6.07, 6.45) is 15.6. The van der Waals surface area contributed by atoms with Crippen LogP contribution in [0.4, 0.5) is 4.39 Å². The molecule has 2 heteroatoms. The maximum atomic E-state index is 14.9. The molecule has 4 rings (SSSR count). The highest BCUT2D eigenvalue weighted by Gasteiger charge is 2.38. The number of ether oxygens (including phenoxy) is 1. The van der Waals surface area contributed by atoms with Gasteiger partial charge in [0.1, 0.15) is 6.61 Å². The van der Waals surface area contributed by atoms with Crippen molar-refractivity contribution in [2.75, 3.05) is 6.61 Å². The summed E-state index contributed by atoms with van der Waals surface area (Å²) >= 11 is 0. The molecule has 1 aromatic carbocycles. The van der Waals surface area contributed by atoms with Gasteiger partial charge in [-0.15, -0.1) is 0 Å². The minimum atomic E-state index is -0.111. The SMILES string of the molecule is C/C=C/COc1ccc2c(c1F)CCC(C1CCC3CC(C)CCC3C1)C2. The van der Waals surface area contributed by atoms with Gasteiger partial charge in [-0.1, -0.05) is 31.6 Å². The Hall–Kier alpha value is -1.31. The second-order valence-electron chi connectivity index (χ2n) is 9.41. The molecule has 0 aromatic heterocycles. The van der Waals surface area contributed by atoms with Gasteiger partial charge in [-0.25, -0.2) is 4.39 Å². The van der Waals surface area contributed by atoms with E-state index in [-0.39, 0.29) is 5.82 Å². The number of halogens is 1. The molecule has 0 N–H and O–H groups in total. The predicted molar refractivity (Wildman–Crippen MR) is 110 cm³/mol. The number of benzene rings is 1. The lowest BCUT2D eigenvalue weighted by Crippen LogP contribution is -2.34. The fraction of sp³-hybridized carbons (Fsp3) is 0.680. The summed E-state index contributed by atoms with van der Waals surface area (Å²) < 4.78 is 20.5. The van der Waals surface area contributed by atoms with E-state index in [0.717, 1.165) is 54.4 Å². The van der Waals surface area contributed by atoms with Crippen LogP contribution in [0, 0.1) is 35.4 Å². The lowest BCUT2D eigenvalue weighted by atomic mass is 9.61. The Morgan fingerprint density at radius 3 is 2.56 bits per heavy atom. The maximum Gasteiger partial charge on any atom is 0.168 e. The van der Waals surface area contributed by atoms with Gasteiger partial charge < -0.3 is 4.74 Å². The molecule has 0 radical (unpaired) electrons. The van der Waals surface area contributed by atoms with Crippen LogP contribution in [0.25, 0.3) is 0 Å². The molecule has 1 aromatic rings. The van der Waals surface area contributed by atoms with Gasteiger partial charge in [0.2, 0.25) is 0 Å². The van der Waals surface area contributed by atoms with Crippen molar-refractivity contribution in [2.45, 2.75) is 71.6 Å². The molecular formula is C25H35FO. The van der Waals surface area contributed by atoms with Gasteiger partial charge in [-0.2, -0.15) is 0 Å². The molecule has 0 heterocycles. The van der Waals surface area contributed by atoms with Crippen LogP contribution in [0.5, 0.6) is 5.75 Å². The van der Waals surface area contributed by atoms with Crippen LogP contribution in [0.15, 0.2) is 24.3 Å². The molecule has 0 saturated heterocycles. The third-order valence-corrected chi connectivity index (χ3v) is 7.71. The zero-order valence-electron chi connectivity index (χ0n) is 17.1. The van der Waals surface area contributed by atoms with Gasteiger partial charge in [-0.3, -0.25) is 0 Å². The minimum absolute atomic E-state index is 0.111. The van der Waals surface area contributed by atoms with Crippen LogP contribution in [0.3, 0.4) is 0 Å². The van der Waals surface area contributed by atoms with Crippen molar-refractivity contribution < 1.29 is 9.13 Å². The van der Waals surface area contributed by atoms with Crippen LogP contribution < -0.4 is 4.74 Å². The third kappa shape index (κ3) is 4.10. The molecule has 3 aliphatic rings. The number of hydrogen-bond donors (Lipinski definition) is 0. The van der Waals surface area contributed by atoms with Crippen molar-refractivity contribution in [3.63, 3.8) is 0 Å². The van der Waals surface area contributed by atoms with E-state index in [1.54, 1.807) is 0 Å². The first-order valence-electron chi connectivity index (χ1n) is 11.2. The van der Waals surface area contributed by atoms with Gasteiger partial charge in [0, 0.05) is 0 Å². The molecule has 0 spiro atoms. The maximum absolute atomic E-state index is 14.9. The molecule has 5 atom stereocenters. The van der Waals surface area contributed by atoms with Crippen molar-refractivity contribution in [3.8, 4) is 5.75 Å². The smallest absolute Gasteiger partial charge is 0.168 e. The van der Waals surface area contributed by atoms with E-state index in [4.69, 9.17) is 4.74 Å². The summed E-state index contributed by atoms with van der Waals surface area (Å²) in [4.78, 5) is 0. The van der Waals surface area contributed by atoms with Gasteiger partial charge in [0.05, 0.1) is 0 Å². The van der Waals surface area contributed by atoms with E-state index < -0.39 is 0 Å². The topological polar surface area (TPSA) is 9.23 Å². The van der Waals surface area contributed by atoms with Crippen LogP contribution in [-0.4, -0.2) is 6.61 Å². The average molecular weight is 371 g/mol. The van der Waals surface area contributed by atoms with E-state index in [2.05, 4.69) is 13.0 Å². The Bertz CT molecular complexity index is 679. The molecule has 27 heavy (non-hydrogen) atoms. The van der Waals surface area contributed by atoms with Crippen LogP contribution in [0.2, 0.25) is 0 Å². The molecule has 2 fully saturated rings. The molecule has 0 amide bonds. The summed E-state index contributed by atoms with van der Waals surface area (Å²) in [5.41, 5.74) is 2.16. The summed E-state index contributed by atoms with van der Waals surface area (Å²) in [5, 5.41) is 0. The summed E-state index contributed by atoms with van der Waals surface area (Å²) in [6, 6.07) is 3.98. The molecule has 0 bridgehead atoms. The minimum Gasteiger partial charge on any atom is -0.486 e. The molecule has 1 nitrogen and oxygen atoms in total. The zero-order valence-corrected chi connectivity index (χ0v) is 17.1. The van der Waals surface area contributed by atoms with E-state index in [0.29, 0.717) is 12.4 Å². The number of fused-ring (bicyclic) bond motifs is 2. The van der Waals surface area contributed by atoms with Crippen LogP contribution in [0.1, 0.15) is 69.9 Å². The lowest BCUT2D eigenvalue weighted by Gasteiger charge is -2.44. The molecule has 3 aliphatic carbocycles. The quantitative estimate of drug-likeness (QED) is 0.533. The zero-order chi connectivity index (χ0) is 18.8. The van der Waals surface area contributed by atoms with Gasteiger partial charge in [0.25, 0.3) is 0 Å². The van der Waals surface area contributed by atoms with Crippen molar-refractivity contribution >= 4 is 0 Å². The molecule has 0 aliphatic heterocycles. The molecule has 148 valence electrons. The van der Waals surface area contributed by atoms with E-state index >= 15 is 0 Å². The fourth-order valence-corrected chi connectivity index (χ4v) is 6.15. The van der Waals surface area contributed by atoms with Gasteiger partial charge in [-0.05, 0) is 105 Å². The summed E-state index contributed by atoms with van der Waals surface area (Å²) in [7, 11) is 0. The second kappa shape index (κ2) is 8.37. The number of hydrogen-bond acceptors (Lipinski definition) is 1. The fourth-order valence-electron chi connectivity index (χ4n) is 6.15. The number of rotatable bonds is 4. The highest BCUT2D eigenvalue weighted by Crippen LogP contribution is 2.48. The normalized spacial score (nSPS) is 33.5. The lowest BCUT2D eigenvalue weighted by molar-refractivity contribution is 0.0755. The Labute approximate surface area is 164 Å². The van der Waals surface area contributed by atoms with E-state index in [9.17, 15) is 4.39 Å². The molecular weight excluding hydrogens is 335 g/mol. The first kappa shape index (κ1) is 19.0. The van der Waals surface area contributed by atoms with E-state index in [1.165, 1.54) is 44.1 Å². The number of allylic oxidation sites excluding steroid dienone is 1. The third-order valence-electron chi connectivity index (χ3n) is 7.71. The summed E-state index contributed by atoms with van der Waals surface area (Å²) in [6.45, 7) is 4.83. The monoisotopic (exact) mass is 370 g/mol. The second-order valence-corrected chi connectivity index (χ2v) is 9.41. The largest absolute Gasteiger partial charge is 0.486 e.